The van der Waals surface area contributed by atoms with E-state index in [-0.39, 0.29) is 0 Å². The number of aliphatic imine (C=N–C) groups is 2. The first kappa shape index (κ1) is 23.9. The van der Waals surface area contributed by atoms with Gasteiger partial charge in [0, 0.05) is 0 Å². The van der Waals surface area contributed by atoms with Crippen molar-refractivity contribution in [3.63, 3.8) is 0 Å². The van der Waals surface area contributed by atoms with Gasteiger partial charge in [0.2, 0.25) is 12.2 Å². The summed E-state index contributed by atoms with van der Waals surface area (Å²) in [5, 5.41) is 0. The van der Waals surface area contributed by atoms with Gasteiger partial charge in [-0.3, -0.25) is 0 Å². The Kier molecular flexibility index (Phi) is 16.3. The molecule has 0 amide bonds. The van der Waals surface area contributed by atoms with Crippen LogP contribution in [-0.2, 0) is 9.59 Å². The lowest BCUT2D eigenvalue weighted by molar-refractivity contribution is 0.558. The average Bonchev–Trinajstić information content (AvgIpc) is 2.64. The van der Waals surface area contributed by atoms with E-state index in [2.05, 4.69) is 16.9 Å². The highest BCUT2D eigenvalue weighted by atomic mass is 16.1. The van der Waals surface area contributed by atoms with Crippen molar-refractivity contribution in [1.29, 1.82) is 0 Å². The summed E-state index contributed by atoms with van der Waals surface area (Å²) in [5.74, 6) is 0. The van der Waals surface area contributed by atoms with E-state index in [1.165, 1.54) is 82.4 Å². The highest BCUT2D eigenvalue weighted by Gasteiger charge is 1.97. The molecule has 1 rings (SSSR count). The van der Waals surface area contributed by atoms with Crippen molar-refractivity contribution >= 4 is 23.5 Å². The van der Waals surface area contributed by atoms with E-state index in [1.807, 2.05) is 0 Å². The maximum atomic E-state index is 10.00. The normalized spacial score (nSPS) is 9.50. The number of nitrogens with zero attached hydrogens (tertiary/aromatic N) is 2. The minimum atomic E-state index is 0.426. The Bertz CT molecular complexity index is 565. The molecule has 26 heavy (non-hydrogen) atoms. The van der Waals surface area contributed by atoms with E-state index in [0.717, 1.165) is 12.1 Å². The van der Waals surface area contributed by atoms with Crippen LogP contribution in [0.25, 0.3) is 0 Å². The predicted molar refractivity (Wildman–Crippen MR) is 108 cm³/mol. The first-order valence-electron chi connectivity index (χ1n) is 9.66. The van der Waals surface area contributed by atoms with Gasteiger partial charge in [-0.15, -0.1) is 0 Å². The number of nitrogens with two attached hydrogens (primary N) is 1. The Morgan fingerprint density at radius 2 is 1.38 bits per heavy atom. The molecular weight excluding hydrogens is 326 g/mol. The molecule has 0 saturated heterocycles. The van der Waals surface area contributed by atoms with Gasteiger partial charge in [0.25, 0.3) is 0 Å². The molecular formula is C21H33N3O2. The van der Waals surface area contributed by atoms with Gasteiger partial charge in [-0.25, -0.2) is 9.59 Å². The van der Waals surface area contributed by atoms with Gasteiger partial charge >= 0.3 is 0 Å². The highest BCUT2D eigenvalue weighted by molar-refractivity contribution is 5.61. The molecule has 0 aliphatic heterocycles. The zero-order chi connectivity index (χ0) is 19.5. The number of aryl methyl sites for hydroxylation is 1. The van der Waals surface area contributed by atoms with E-state index < -0.39 is 0 Å². The van der Waals surface area contributed by atoms with Crippen molar-refractivity contribution in [2.24, 2.45) is 15.7 Å². The van der Waals surface area contributed by atoms with Gasteiger partial charge in [0.15, 0.2) is 0 Å². The Balaban J connectivity index is 0.000000481. The summed E-state index contributed by atoms with van der Waals surface area (Å²) in [6, 6.07) is 4.88. The van der Waals surface area contributed by atoms with E-state index in [0.29, 0.717) is 11.4 Å². The van der Waals surface area contributed by atoms with E-state index in [9.17, 15) is 9.59 Å². The molecule has 0 aliphatic carbocycles. The molecule has 0 aromatic heterocycles. The first-order valence-corrected chi connectivity index (χ1v) is 9.66. The summed E-state index contributed by atoms with van der Waals surface area (Å²) in [6.07, 6.45) is 16.8. The Labute approximate surface area is 157 Å². The number of hydrogen-bond acceptors (Lipinski definition) is 5. The SMILES string of the molecule is CCCCCCCCCCCCN.Cc1ccc(N=C=O)cc1N=C=O. The van der Waals surface area contributed by atoms with Crippen molar-refractivity contribution in [2.75, 3.05) is 6.54 Å². The van der Waals surface area contributed by atoms with Crippen LogP contribution < -0.4 is 5.73 Å². The van der Waals surface area contributed by atoms with Gasteiger partial charge < -0.3 is 5.73 Å². The molecule has 0 radical (unpaired) electrons. The van der Waals surface area contributed by atoms with Gasteiger partial charge in [-0.2, -0.15) is 9.98 Å². The second-order valence-electron chi connectivity index (χ2n) is 6.35. The number of benzene rings is 1. The third kappa shape index (κ3) is 13.3. The number of isocyanates is 2. The lowest BCUT2D eigenvalue weighted by Crippen LogP contribution is -1.97. The molecule has 144 valence electrons. The lowest BCUT2D eigenvalue weighted by atomic mass is 10.1. The molecule has 0 bridgehead atoms. The maximum absolute atomic E-state index is 10.00. The van der Waals surface area contributed by atoms with E-state index >= 15 is 0 Å². The summed E-state index contributed by atoms with van der Waals surface area (Å²) in [6.45, 7) is 4.94. The van der Waals surface area contributed by atoms with Crippen LogP contribution in [0, 0.1) is 6.92 Å². The molecule has 5 heteroatoms. The van der Waals surface area contributed by atoms with Gasteiger partial charge in [-0.05, 0) is 37.6 Å². The maximum Gasteiger partial charge on any atom is 0.240 e. The fourth-order valence-electron chi connectivity index (χ4n) is 2.52. The smallest absolute Gasteiger partial charge is 0.240 e. The zero-order valence-electron chi connectivity index (χ0n) is 16.3. The molecule has 0 fully saturated rings. The lowest BCUT2D eigenvalue weighted by Gasteiger charge is -2.00. The Hall–Kier alpha value is -2.06. The largest absolute Gasteiger partial charge is 0.330 e. The van der Waals surface area contributed by atoms with Crippen LogP contribution >= 0.6 is 0 Å². The number of hydrogen-bond donors (Lipinski definition) is 1. The molecule has 0 atom stereocenters. The fraction of sp³-hybridized carbons (Fsp3) is 0.619. The minimum Gasteiger partial charge on any atom is -0.330 e. The number of unbranched alkanes of at least 4 members (excludes halogenated alkanes) is 9. The van der Waals surface area contributed by atoms with Crippen LogP contribution in [0.3, 0.4) is 0 Å². The molecule has 0 heterocycles. The van der Waals surface area contributed by atoms with Crippen LogP contribution in [0.2, 0.25) is 0 Å². The van der Waals surface area contributed by atoms with Crippen LogP contribution in [0.4, 0.5) is 11.4 Å². The fourth-order valence-corrected chi connectivity index (χ4v) is 2.52. The topological polar surface area (TPSA) is 84.9 Å². The van der Waals surface area contributed by atoms with Crippen molar-refractivity contribution in [3.05, 3.63) is 23.8 Å². The predicted octanol–water partition coefficient (Wildman–Crippen LogP) is 5.80. The van der Waals surface area contributed by atoms with E-state index in [1.54, 1.807) is 19.1 Å². The molecule has 5 nitrogen and oxygen atoms in total. The first-order chi connectivity index (χ1) is 12.7. The molecule has 1 aromatic carbocycles. The van der Waals surface area contributed by atoms with Gasteiger partial charge in [0.1, 0.15) is 0 Å². The van der Waals surface area contributed by atoms with Crippen molar-refractivity contribution in [3.8, 4) is 0 Å². The summed E-state index contributed by atoms with van der Waals surface area (Å²) >= 11 is 0. The van der Waals surface area contributed by atoms with Gasteiger partial charge in [-0.1, -0.05) is 70.8 Å². The van der Waals surface area contributed by atoms with Crippen molar-refractivity contribution in [1.82, 2.24) is 0 Å². The van der Waals surface area contributed by atoms with Crippen LogP contribution in [0.15, 0.2) is 28.2 Å². The molecule has 0 saturated carbocycles. The molecule has 0 unspecified atom stereocenters. The minimum absolute atomic E-state index is 0.426. The quantitative estimate of drug-likeness (QED) is 0.291. The molecule has 0 spiro atoms. The molecule has 1 aromatic rings. The van der Waals surface area contributed by atoms with Crippen LogP contribution in [-0.4, -0.2) is 18.7 Å². The molecule has 0 aliphatic rings. The Morgan fingerprint density at radius 1 is 0.846 bits per heavy atom. The summed E-state index contributed by atoms with van der Waals surface area (Å²) in [4.78, 5) is 26.8. The Morgan fingerprint density at radius 3 is 1.88 bits per heavy atom. The third-order valence-electron chi connectivity index (χ3n) is 4.09. The monoisotopic (exact) mass is 359 g/mol. The van der Waals surface area contributed by atoms with Crippen LogP contribution in [0.5, 0.6) is 0 Å². The highest BCUT2D eigenvalue weighted by Crippen LogP contribution is 2.23. The standard InChI is InChI=1S/C12H27N.C9H6N2O2/c1-2-3-4-5-6-7-8-9-10-11-12-13;1-7-2-3-8(10-5-12)4-9(7)11-6-13/h2-13H2,1H3;2-4H,1H3. The number of carbonyl (C=O) groups excluding carboxylic acids is 2. The second kappa shape index (κ2) is 17.8. The zero-order valence-corrected chi connectivity index (χ0v) is 16.3. The number of rotatable bonds is 12. The van der Waals surface area contributed by atoms with E-state index in [4.69, 9.17) is 5.73 Å². The van der Waals surface area contributed by atoms with Crippen molar-refractivity contribution < 1.29 is 9.59 Å². The van der Waals surface area contributed by atoms with Gasteiger partial charge in [0.05, 0.1) is 11.4 Å². The van der Waals surface area contributed by atoms with Crippen molar-refractivity contribution in [2.45, 2.75) is 78.1 Å². The third-order valence-corrected chi connectivity index (χ3v) is 4.09. The summed E-state index contributed by atoms with van der Waals surface area (Å²) < 4.78 is 0. The summed E-state index contributed by atoms with van der Waals surface area (Å²) in [5.41, 5.74) is 7.14. The average molecular weight is 360 g/mol. The second-order valence-corrected chi connectivity index (χ2v) is 6.35. The molecule has 2 N–H and O–H groups in total. The van der Waals surface area contributed by atoms with Crippen LogP contribution in [0.1, 0.15) is 76.7 Å². The summed E-state index contributed by atoms with van der Waals surface area (Å²) in [7, 11) is 0.